The number of halogens is 5. The van der Waals surface area contributed by atoms with Crippen molar-refractivity contribution in [2.75, 3.05) is 12.3 Å². The van der Waals surface area contributed by atoms with Crippen LogP contribution in [0.3, 0.4) is 0 Å². The third kappa shape index (κ3) is 5.56. The smallest absolute Gasteiger partial charge is 0.479 e. The van der Waals surface area contributed by atoms with Gasteiger partial charge in [0.15, 0.2) is 17.7 Å². The number of aliphatic carboxylic acids is 2. The summed E-state index contributed by atoms with van der Waals surface area (Å²) in [5.41, 5.74) is 3.15. The first-order chi connectivity index (χ1) is 17.8. The number of hydrogen-bond donors (Lipinski definition) is 3. The molecule has 3 unspecified atom stereocenters. The molecule has 2 aromatic heterocycles. The van der Waals surface area contributed by atoms with Gasteiger partial charge in [0.25, 0.3) is 5.60 Å². The Hall–Kier alpha value is -3.76. The predicted octanol–water partition coefficient (Wildman–Crippen LogP) is 2.75. The molecule has 0 bridgehead atoms. The summed E-state index contributed by atoms with van der Waals surface area (Å²) in [5, 5.41) is 19.2. The second-order valence-corrected chi connectivity index (χ2v) is 8.56. The second kappa shape index (κ2) is 10.2. The van der Waals surface area contributed by atoms with Gasteiger partial charge in [-0.15, -0.1) is 13.2 Å². The Bertz CT molecular complexity index is 1340. The van der Waals surface area contributed by atoms with E-state index in [1.807, 2.05) is 0 Å². The van der Waals surface area contributed by atoms with Crippen LogP contribution < -0.4 is 10.5 Å². The molecule has 4 rings (SSSR count). The summed E-state index contributed by atoms with van der Waals surface area (Å²) in [4.78, 5) is 35.8. The molecule has 1 aromatic carbocycles. The van der Waals surface area contributed by atoms with Crippen LogP contribution in [0.5, 0.6) is 5.75 Å². The van der Waals surface area contributed by atoms with E-state index in [2.05, 4.69) is 19.7 Å². The number of aromatic nitrogens is 4. The lowest BCUT2D eigenvalue weighted by molar-refractivity contribution is -0.274. The average Bonchev–Trinajstić information content (AvgIpc) is 3.39. The van der Waals surface area contributed by atoms with Crippen LogP contribution in [0.4, 0.5) is 23.4 Å². The van der Waals surface area contributed by atoms with Crippen LogP contribution in [0.25, 0.3) is 11.2 Å². The second-order valence-electron chi connectivity index (χ2n) is 8.22. The Balaban J connectivity index is 1.49. The van der Waals surface area contributed by atoms with Gasteiger partial charge in [-0.3, -0.25) is 4.57 Å². The van der Waals surface area contributed by atoms with E-state index in [4.69, 9.17) is 26.8 Å². The van der Waals surface area contributed by atoms with Crippen molar-refractivity contribution in [3.63, 3.8) is 0 Å². The van der Waals surface area contributed by atoms with Gasteiger partial charge in [0.05, 0.1) is 19.0 Å². The molecule has 3 aromatic rings. The predicted molar refractivity (Wildman–Crippen MR) is 119 cm³/mol. The molecule has 0 saturated carbocycles. The van der Waals surface area contributed by atoms with E-state index < -0.39 is 61.2 Å². The van der Waals surface area contributed by atoms with Gasteiger partial charge in [-0.05, 0) is 29.3 Å². The summed E-state index contributed by atoms with van der Waals surface area (Å²) in [6.07, 6.45) is -8.82. The number of alkyl halides is 4. The molecule has 1 aliphatic heterocycles. The van der Waals surface area contributed by atoms with Gasteiger partial charge in [-0.25, -0.2) is 19.0 Å². The van der Waals surface area contributed by atoms with E-state index in [-0.39, 0.29) is 34.2 Å². The Morgan fingerprint density at radius 2 is 1.84 bits per heavy atom. The number of anilines is 1. The number of imidazole rings is 1. The lowest BCUT2D eigenvalue weighted by Crippen LogP contribution is -2.52. The highest BCUT2D eigenvalue weighted by molar-refractivity contribution is 6.28. The van der Waals surface area contributed by atoms with Gasteiger partial charge in [0.1, 0.15) is 17.4 Å². The molecule has 1 aliphatic rings. The number of carboxylic acid groups (broad SMARTS) is 2. The normalized spacial score (nSPS) is 20.1. The number of hydrogen-bond acceptors (Lipinski definition) is 9. The van der Waals surface area contributed by atoms with Crippen LogP contribution >= 0.6 is 11.6 Å². The van der Waals surface area contributed by atoms with Crippen molar-refractivity contribution in [2.24, 2.45) is 0 Å². The topological polar surface area (TPSA) is 172 Å². The highest BCUT2D eigenvalue weighted by atomic mass is 35.5. The fourth-order valence-electron chi connectivity index (χ4n) is 3.90. The Morgan fingerprint density at radius 1 is 1.18 bits per heavy atom. The fraction of sp³-hybridized carbons (Fsp3) is 0.381. The quantitative estimate of drug-likeness (QED) is 0.198. The van der Waals surface area contributed by atoms with Crippen molar-refractivity contribution in [3.8, 4) is 5.75 Å². The number of rotatable bonds is 9. The van der Waals surface area contributed by atoms with Gasteiger partial charge >= 0.3 is 18.3 Å². The maximum absolute atomic E-state index is 14.9. The zero-order valence-corrected chi connectivity index (χ0v) is 19.7. The summed E-state index contributed by atoms with van der Waals surface area (Å²) in [6, 6.07) is 3.92. The molecule has 1 fully saturated rings. The van der Waals surface area contributed by atoms with Crippen LogP contribution in [0.1, 0.15) is 18.2 Å². The molecule has 12 nitrogen and oxygen atoms in total. The first-order valence-electron chi connectivity index (χ1n) is 10.7. The van der Waals surface area contributed by atoms with Crippen molar-refractivity contribution in [1.82, 2.24) is 19.5 Å². The molecular weight excluding hydrogens is 546 g/mol. The number of carbonyl (C=O) groups is 2. The zero-order valence-electron chi connectivity index (χ0n) is 18.9. The average molecular weight is 564 g/mol. The summed E-state index contributed by atoms with van der Waals surface area (Å²) < 4.78 is 67.9. The number of nitrogen functional groups attached to an aromatic ring is 1. The highest BCUT2D eigenvalue weighted by Gasteiger charge is 2.50. The molecule has 38 heavy (non-hydrogen) atoms. The number of nitrogens with zero attached hydrogens (tertiary/aromatic N) is 4. The van der Waals surface area contributed by atoms with Crippen LogP contribution in [0.2, 0.25) is 5.28 Å². The maximum atomic E-state index is 14.9. The largest absolute Gasteiger partial charge is 0.573 e. The van der Waals surface area contributed by atoms with E-state index in [9.17, 15) is 37.4 Å². The van der Waals surface area contributed by atoms with Crippen molar-refractivity contribution < 1.29 is 51.6 Å². The first-order valence-corrected chi connectivity index (χ1v) is 11.1. The molecule has 0 radical (unpaired) electrons. The Kier molecular flexibility index (Phi) is 7.31. The monoisotopic (exact) mass is 563 g/mol. The lowest BCUT2D eigenvalue weighted by atomic mass is 9.94. The molecule has 4 N–H and O–H groups in total. The lowest BCUT2D eigenvalue weighted by Gasteiger charge is -2.27. The summed E-state index contributed by atoms with van der Waals surface area (Å²) >= 11 is 5.82. The van der Waals surface area contributed by atoms with Crippen molar-refractivity contribution in [3.05, 3.63) is 41.4 Å². The molecule has 0 amide bonds. The number of fused-ring (bicyclic) bond motifs is 1. The zero-order chi connectivity index (χ0) is 27.8. The highest BCUT2D eigenvalue weighted by Crippen LogP contribution is 2.35. The van der Waals surface area contributed by atoms with Gasteiger partial charge < -0.3 is 30.2 Å². The van der Waals surface area contributed by atoms with Crippen molar-refractivity contribution in [2.45, 2.75) is 43.3 Å². The minimum Gasteiger partial charge on any atom is -0.479 e. The van der Waals surface area contributed by atoms with Crippen LogP contribution in [0.15, 0.2) is 30.6 Å². The molecule has 204 valence electrons. The van der Waals surface area contributed by atoms with E-state index >= 15 is 0 Å². The molecule has 3 atom stereocenters. The van der Waals surface area contributed by atoms with E-state index in [0.717, 1.165) is 24.3 Å². The van der Waals surface area contributed by atoms with Crippen LogP contribution in [0, 0.1) is 0 Å². The molecule has 3 heterocycles. The Labute approximate surface area is 214 Å². The molecule has 0 aliphatic carbocycles. The molecule has 0 spiro atoms. The van der Waals surface area contributed by atoms with Crippen LogP contribution in [-0.4, -0.2) is 72.5 Å². The number of ether oxygens (including phenoxy) is 3. The molecular formula is C21H18ClF4N5O7. The molecule has 17 heteroatoms. The summed E-state index contributed by atoms with van der Waals surface area (Å²) in [5.74, 6) is -4.39. The number of nitrogens with two attached hydrogens (primary N) is 1. The standard InChI is InChI=1S/C21H18ClF4N5O7/c22-19-29-14(27)13-15(30-19)31(8-28-13)16-12(23)5-11(37-16)7-36-20(17(32)33,18(34)35)6-9-1-3-10(4-2-9)38-21(24,25)26/h1-4,8,11-12,16H,5-7H2,(H,32,33)(H,34,35)(H2,27,29,30). The van der Waals surface area contributed by atoms with Gasteiger partial charge in [-0.2, -0.15) is 9.97 Å². The van der Waals surface area contributed by atoms with Gasteiger partial charge in [0.2, 0.25) is 5.28 Å². The van der Waals surface area contributed by atoms with Gasteiger partial charge in [0, 0.05) is 12.8 Å². The van der Waals surface area contributed by atoms with E-state index in [1.54, 1.807) is 0 Å². The SMILES string of the molecule is Nc1nc(Cl)nc2c1ncn2C1OC(COC(Cc2ccc(OC(F)(F)F)cc2)(C(=O)O)C(=O)O)CC1F. The third-order valence-corrected chi connectivity index (χ3v) is 5.81. The van der Waals surface area contributed by atoms with Gasteiger partial charge in [-0.1, -0.05) is 12.1 Å². The fourth-order valence-corrected chi connectivity index (χ4v) is 4.07. The number of carboxylic acids is 2. The maximum Gasteiger partial charge on any atom is 0.573 e. The van der Waals surface area contributed by atoms with E-state index in [1.165, 1.54) is 10.9 Å². The first kappa shape index (κ1) is 27.3. The minimum atomic E-state index is -4.95. The number of benzene rings is 1. The summed E-state index contributed by atoms with van der Waals surface area (Å²) in [7, 11) is 0. The third-order valence-electron chi connectivity index (χ3n) is 5.64. The minimum absolute atomic E-state index is 0.0249. The molecule has 1 saturated heterocycles. The van der Waals surface area contributed by atoms with Crippen LogP contribution in [-0.2, 0) is 25.5 Å². The Morgan fingerprint density at radius 3 is 2.45 bits per heavy atom. The van der Waals surface area contributed by atoms with Crippen molar-refractivity contribution in [1.29, 1.82) is 0 Å². The summed E-state index contributed by atoms with van der Waals surface area (Å²) in [6.45, 7) is -0.644. The van der Waals surface area contributed by atoms with E-state index in [0.29, 0.717) is 0 Å². The van der Waals surface area contributed by atoms with Crippen molar-refractivity contribution >= 4 is 40.5 Å².